The normalized spacial score (nSPS) is 14.5. The van der Waals surface area contributed by atoms with E-state index in [4.69, 9.17) is 10.9 Å². The van der Waals surface area contributed by atoms with E-state index in [0.717, 1.165) is 5.48 Å². The van der Waals surface area contributed by atoms with Gasteiger partial charge in [0.25, 0.3) is 0 Å². The standard InChI is InChI=1S/C3H4F3N2O2/c4-3(5,6)1(7)2(9)8-10/h1,7,10H,(H,8,9)/q-1. The molecule has 0 spiro atoms. The largest absolute Gasteiger partial charge is 0.659 e. The molecule has 0 saturated heterocycles. The fourth-order valence-corrected chi connectivity index (χ4v) is 0.213. The third kappa shape index (κ3) is 2.19. The Labute approximate surface area is 53.8 Å². The number of nitrogens with one attached hydrogen (secondary N) is 2. The van der Waals surface area contributed by atoms with E-state index >= 15 is 0 Å². The number of carbonyl (C=O) groups excluding carboxylic acids is 1. The first-order valence-electron chi connectivity index (χ1n) is 2.11. The summed E-state index contributed by atoms with van der Waals surface area (Å²) in [5.74, 6) is -1.78. The predicted octanol–water partition coefficient (Wildman–Crippen LogP) is 0.475. The maximum atomic E-state index is 11.3. The van der Waals surface area contributed by atoms with Gasteiger partial charge in [-0.25, -0.2) is 5.48 Å². The number of amides is 1. The maximum Gasteiger partial charge on any atom is 0.382 e. The number of hydrogen-bond donors (Lipinski definition) is 2. The van der Waals surface area contributed by atoms with Gasteiger partial charge in [-0.05, 0) is 0 Å². The van der Waals surface area contributed by atoms with Crippen molar-refractivity contribution in [3.05, 3.63) is 5.73 Å². The molecule has 1 amide bonds. The Morgan fingerprint density at radius 1 is 1.60 bits per heavy atom. The highest BCUT2D eigenvalue weighted by atomic mass is 19.4. The molecule has 4 nitrogen and oxygen atoms in total. The van der Waals surface area contributed by atoms with E-state index in [1.807, 2.05) is 0 Å². The van der Waals surface area contributed by atoms with Crippen LogP contribution in [0.5, 0.6) is 0 Å². The summed E-state index contributed by atoms with van der Waals surface area (Å²) in [5.41, 5.74) is 6.86. The summed E-state index contributed by atoms with van der Waals surface area (Å²) in [6.07, 6.45) is -4.92. The monoisotopic (exact) mass is 157 g/mol. The average Bonchev–Trinajstić information content (AvgIpc) is 1.83. The van der Waals surface area contributed by atoms with Crippen LogP contribution in [0.25, 0.3) is 5.73 Å². The molecule has 0 aromatic carbocycles. The Bertz CT molecular complexity index is 134. The van der Waals surface area contributed by atoms with Crippen molar-refractivity contribution >= 4 is 5.91 Å². The molecule has 3 N–H and O–H groups in total. The lowest BCUT2D eigenvalue weighted by Crippen LogP contribution is -2.40. The second-order valence-electron chi connectivity index (χ2n) is 1.45. The van der Waals surface area contributed by atoms with Gasteiger partial charge in [0.1, 0.15) is 0 Å². The van der Waals surface area contributed by atoms with Gasteiger partial charge < -0.3 is 5.73 Å². The molecule has 0 aliphatic heterocycles. The summed E-state index contributed by atoms with van der Waals surface area (Å²) in [6, 6.07) is -2.92. The molecule has 1 unspecified atom stereocenters. The number of rotatable bonds is 1. The molecule has 0 radical (unpaired) electrons. The van der Waals surface area contributed by atoms with Crippen LogP contribution in [-0.4, -0.2) is 23.3 Å². The van der Waals surface area contributed by atoms with Crippen LogP contribution >= 0.6 is 0 Å². The zero-order valence-corrected chi connectivity index (χ0v) is 4.57. The predicted molar refractivity (Wildman–Crippen MR) is 24.1 cm³/mol. The number of halogens is 3. The minimum atomic E-state index is -4.92. The van der Waals surface area contributed by atoms with E-state index in [-0.39, 0.29) is 0 Å². The number of hydroxylamine groups is 1. The van der Waals surface area contributed by atoms with E-state index < -0.39 is 18.1 Å². The second-order valence-corrected chi connectivity index (χ2v) is 1.45. The van der Waals surface area contributed by atoms with E-state index in [9.17, 15) is 18.0 Å². The van der Waals surface area contributed by atoms with Crippen LogP contribution < -0.4 is 5.48 Å². The quantitative estimate of drug-likeness (QED) is 0.429. The Morgan fingerprint density at radius 2 is 2.00 bits per heavy atom. The van der Waals surface area contributed by atoms with Gasteiger partial charge in [-0.15, -0.1) is 0 Å². The number of hydrogen-bond acceptors (Lipinski definition) is 2. The summed E-state index contributed by atoms with van der Waals surface area (Å²) in [5, 5.41) is 7.65. The first kappa shape index (κ1) is 9.18. The van der Waals surface area contributed by atoms with Crippen LogP contribution in [-0.2, 0) is 4.79 Å². The van der Waals surface area contributed by atoms with Crippen molar-refractivity contribution in [1.82, 2.24) is 5.48 Å². The first-order chi connectivity index (χ1) is 4.39. The van der Waals surface area contributed by atoms with Crippen molar-refractivity contribution in [3.63, 3.8) is 0 Å². The highest BCUT2D eigenvalue weighted by Gasteiger charge is 2.35. The fraction of sp³-hybridized carbons (Fsp3) is 0.667. The molecule has 0 rings (SSSR count). The Morgan fingerprint density at radius 3 is 2.10 bits per heavy atom. The van der Waals surface area contributed by atoms with Crippen LogP contribution in [0.2, 0.25) is 0 Å². The molecule has 0 heterocycles. The smallest absolute Gasteiger partial charge is 0.382 e. The molecule has 10 heavy (non-hydrogen) atoms. The SMILES string of the molecule is [NH-]C(C(=O)NO)C(F)(F)F. The molecule has 0 aromatic heterocycles. The van der Waals surface area contributed by atoms with Gasteiger partial charge in [-0.2, -0.15) is 13.2 Å². The Hall–Kier alpha value is -0.820. The fourth-order valence-electron chi connectivity index (χ4n) is 0.213. The third-order valence-electron chi connectivity index (χ3n) is 0.700. The Kier molecular flexibility index (Phi) is 2.61. The number of alkyl halides is 3. The van der Waals surface area contributed by atoms with Crippen LogP contribution in [0.15, 0.2) is 0 Å². The lowest BCUT2D eigenvalue weighted by molar-refractivity contribution is -0.162. The Balaban J connectivity index is 4.08. The van der Waals surface area contributed by atoms with Gasteiger partial charge in [-0.1, -0.05) is 0 Å². The first-order valence-corrected chi connectivity index (χ1v) is 2.11. The third-order valence-corrected chi connectivity index (χ3v) is 0.700. The van der Waals surface area contributed by atoms with Gasteiger partial charge in [-0.3, -0.25) is 10.0 Å². The molecule has 1 atom stereocenters. The molecule has 0 aliphatic carbocycles. The molecule has 0 saturated carbocycles. The van der Waals surface area contributed by atoms with Crippen molar-refractivity contribution in [2.24, 2.45) is 0 Å². The van der Waals surface area contributed by atoms with Crippen molar-refractivity contribution in [2.45, 2.75) is 12.2 Å². The van der Waals surface area contributed by atoms with Crippen LogP contribution in [0, 0.1) is 0 Å². The highest BCUT2D eigenvalue weighted by molar-refractivity contribution is 5.82. The van der Waals surface area contributed by atoms with Gasteiger partial charge in [0, 0.05) is 6.04 Å². The number of carbonyl (C=O) groups is 1. The molecular weight excluding hydrogens is 153 g/mol. The van der Waals surface area contributed by atoms with E-state index in [2.05, 4.69) is 0 Å². The zero-order valence-electron chi connectivity index (χ0n) is 4.57. The molecule has 0 fully saturated rings. The van der Waals surface area contributed by atoms with Crippen LogP contribution in [0.3, 0.4) is 0 Å². The summed E-state index contributed by atoms with van der Waals surface area (Å²) in [4.78, 5) is 9.89. The molecule has 60 valence electrons. The molecule has 0 aromatic rings. The van der Waals surface area contributed by atoms with E-state index in [1.54, 1.807) is 0 Å². The van der Waals surface area contributed by atoms with Crippen molar-refractivity contribution in [1.29, 1.82) is 0 Å². The van der Waals surface area contributed by atoms with Gasteiger partial charge in [0.2, 0.25) is 5.91 Å². The van der Waals surface area contributed by atoms with E-state index in [0.29, 0.717) is 0 Å². The minimum absolute atomic E-state index is 0.725. The van der Waals surface area contributed by atoms with Gasteiger partial charge in [0.05, 0.1) is 0 Å². The molecule has 7 heteroatoms. The topological polar surface area (TPSA) is 73.1 Å². The van der Waals surface area contributed by atoms with Gasteiger partial charge >= 0.3 is 6.18 Å². The van der Waals surface area contributed by atoms with Crippen molar-refractivity contribution in [3.8, 4) is 0 Å². The second kappa shape index (κ2) is 2.84. The summed E-state index contributed by atoms with van der Waals surface area (Å²) < 4.78 is 34.0. The molecule has 0 aliphatic rings. The van der Waals surface area contributed by atoms with Crippen molar-refractivity contribution < 1.29 is 23.2 Å². The molecular formula is C3H4F3N2O2-. The minimum Gasteiger partial charge on any atom is -0.659 e. The zero-order chi connectivity index (χ0) is 8.36. The summed E-state index contributed by atoms with van der Waals surface area (Å²) in [7, 11) is 0. The lowest BCUT2D eigenvalue weighted by Gasteiger charge is -2.20. The highest BCUT2D eigenvalue weighted by Crippen LogP contribution is 2.21. The van der Waals surface area contributed by atoms with Crippen LogP contribution in [0.1, 0.15) is 0 Å². The maximum absolute atomic E-state index is 11.3. The molecule has 0 bridgehead atoms. The van der Waals surface area contributed by atoms with Crippen molar-refractivity contribution in [2.75, 3.05) is 0 Å². The lowest BCUT2D eigenvalue weighted by atomic mass is 10.3. The average molecular weight is 157 g/mol. The summed E-state index contributed by atoms with van der Waals surface area (Å²) >= 11 is 0. The summed E-state index contributed by atoms with van der Waals surface area (Å²) in [6.45, 7) is 0. The van der Waals surface area contributed by atoms with Crippen LogP contribution in [0.4, 0.5) is 13.2 Å². The van der Waals surface area contributed by atoms with E-state index in [1.165, 1.54) is 0 Å². The van der Waals surface area contributed by atoms with Gasteiger partial charge in [0.15, 0.2) is 0 Å².